The summed E-state index contributed by atoms with van der Waals surface area (Å²) in [6.45, 7) is 1.09. The molecule has 0 aromatic heterocycles. The summed E-state index contributed by atoms with van der Waals surface area (Å²) in [7, 11) is -2.26. The average Bonchev–Trinajstić information content (AvgIpc) is 2.71. The Morgan fingerprint density at radius 3 is 2.29 bits per heavy atom. The lowest BCUT2D eigenvalue weighted by molar-refractivity contribution is -0.153. The number of carbonyl (C=O) groups is 2. The number of amides is 1. The predicted octanol–water partition coefficient (Wildman–Crippen LogP) is 1.22. The molecular weight excluding hydrogens is 384 g/mol. The third-order valence-corrected chi connectivity index (χ3v) is 5.18. The fourth-order valence-corrected chi connectivity index (χ4v) is 3.20. The first-order valence-corrected chi connectivity index (χ1v) is 9.95. The summed E-state index contributed by atoms with van der Waals surface area (Å²) >= 11 is 0. The van der Waals surface area contributed by atoms with Gasteiger partial charge in [-0.25, -0.2) is 8.42 Å². The molecule has 2 aromatic rings. The lowest BCUT2D eigenvalue weighted by Crippen LogP contribution is -2.38. The van der Waals surface area contributed by atoms with Crippen molar-refractivity contribution in [1.82, 2.24) is 10.0 Å². The van der Waals surface area contributed by atoms with Crippen molar-refractivity contribution in [2.75, 3.05) is 13.7 Å². The highest BCUT2D eigenvalue weighted by atomic mass is 32.2. The van der Waals surface area contributed by atoms with Crippen LogP contribution in [0.1, 0.15) is 12.5 Å². The van der Waals surface area contributed by atoms with Crippen LogP contribution in [0.15, 0.2) is 59.5 Å². The quantitative estimate of drug-likeness (QED) is 0.606. The molecular formula is C19H22N2O6S. The molecule has 0 saturated heterocycles. The molecule has 0 saturated carbocycles. The molecule has 0 radical (unpaired) electrons. The lowest BCUT2D eigenvalue weighted by atomic mass is 10.2. The first kappa shape index (κ1) is 21.4. The Balaban J connectivity index is 1.78. The van der Waals surface area contributed by atoms with E-state index >= 15 is 0 Å². The van der Waals surface area contributed by atoms with E-state index < -0.39 is 34.5 Å². The molecule has 1 amide bonds. The number of carbonyl (C=O) groups excluding carboxylic acids is 2. The van der Waals surface area contributed by atoms with Crippen LogP contribution in [-0.2, 0) is 30.9 Å². The standard InChI is InChI=1S/C19H22N2O6S/c1-14(19(23)20-12-15-8-10-16(26-2)11-9-15)27-18(22)13-21-28(24,25)17-6-4-3-5-7-17/h3-11,14,21H,12-13H2,1-2H3,(H,20,23)/t14-/m1/s1. The molecule has 1 atom stereocenters. The highest BCUT2D eigenvalue weighted by Gasteiger charge is 2.20. The molecule has 2 rings (SSSR count). The number of rotatable bonds is 9. The molecule has 150 valence electrons. The van der Waals surface area contributed by atoms with Crippen LogP contribution in [0.25, 0.3) is 0 Å². The minimum absolute atomic E-state index is 0.0353. The molecule has 8 nitrogen and oxygen atoms in total. The molecule has 9 heteroatoms. The van der Waals surface area contributed by atoms with Crippen molar-refractivity contribution in [2.45, 2.75) is 24.5 Å². The van der Waals surface area contributed by atoms with Crippen molar-refractivity contribution >= 4 is 21.9 Å². The van der Waals surface area contributed by atoms with E-state index in [-0.39, 0.29) is 11.4 Å². The maximum atomic E-state index is 12.1. The van der Waals surface area contributed by atoms with Gasteiger partial charge in [0.05, 0.1) is 12.0 Å². The van der Waals surface area contributed by atoms with Crippen LogP contribution in [0.2, 0.25) is 0 Å². The van der Waals surface area contributed by atoms with E-state index in [4.69, 9.17) is 9.47 Å². The van der Waals surface area contributed by atoms with E-state index in [1.54, 1.807) is 49.6 Å². The second-order valence-electron chi connectivity index (χ2n) is 5.84. The first-order valence-electron chi connectivity index (χ1n) is 8.46. The van der Waals surface area contributed by atoms with Gasteiger partial charge >= 0.3 is 5.97 Å². The lowest BCUT2D eigenvalue weighted by Gasteiger charge is -2.14. The Morgan fingerprint density at radius 1 is 1.04 bits per heavy atom. The number of sulfonamides is 1. The van der Waals surface area contributed by atoms with Gasteiger partial charge in [-0.2, -0.15) is 4.72 Å². The maximum Gasteiger partial charge on any atom is 0.321 e. The van der Waals surface area contributed by atoms with Crippen molar-refractivity contribution < 1.29 is 27.5 Å². The van der Waals surface area contributed by atoms with Crippen molar-refractivity contribution in [3.63, 3.8) is 0 Å². The minimum atomic E-state index is -3.83. The third kappa shape index (κ3) is 6.36. The summed E-state index contributed by atoms with van der Waals surface area (Å²) in [4.78, 5) is 23.9. The van der Waals surface area contributed by atoms with Crippen LogP contribution in [0.5, 0.6) is 5.75 Å². The van der Waals surface area contributed by atoms with Crippen LogP contribution < -0.4 is 14.8 Å². The van der Waals surface area contributed by atoms with E-state index in [1.807, 2.05) is 0 Å². The SMILES string of the molecule is COc1ccc(CNC(=O)[C@@H](C)OC(=O)CNS(=O)(=O)c2ccccc2)cc1. The van der Waals surface area contributed by atoms with Crippen LogP contribution in [0.3, 0.4) is 0 Å². The topological polar surface area (TPSA) is 111 Å². The van der Waals surface area contributed by atoms with Gasteiger partial charge in [-0.3, -0.25) is 9.59 Å². The summed E-state index contributed by atoms with van der Waals surface area (Å²) in [6.07, 6.45) is -1.06. The van der Waals surface area contributed by atoms with Crippen molar-refractivity contribution in [1.29, 1.82) is 0 Å². The predicted molar refractivity (Wildman–Crippen MR) is 102 cm³/mol. The first-order chi connectivity index (χ1) is 13.3. The van der Waals surface area contributed by atoms with E-state index in [9.17, 15) is 18.0 Å². The number of methoxy groups -OCH3 is 1. The Bertz CT molecular complexity index is 898. The summed E-state index contributed by atoms with van der Waals surface area (Å²) < 4.78 is 36.3. The van der Waals surface area contributed by atoms with Gasteiger partial charge in [0.2, 0.25) is 10.0 Å². The Hall–Kier alpha value is -2.91. The molecule has 2 N–H and O–H groups in total. The maximum absolute atomic E-state index is 12.1. The molecule has 2 aromatic carbocycles. The highest BCUT2D eigenvalue weighted by molar-refractivity contribution is 7.89. The van der Waals surface area contributed by atoms with Gasteiger partial charge in [-0.05, 0) is 36.8 Å². The van der Waals surface area contributed by atoms with Gasteiger partial charge in [0.25, 0.3) is 5.91 Å². The van der Waals surface area contributed by atoms with Crippen molar-refractivity contribution in [2.24, 2.45) is 0 Å². The molecule has 0 heterocycles. The molecule has 0 aliphatic rings. The zero-order valence-corrected chi connectivity index (χ0v) is 16.4. The van der Waals surface area contributed by atoms with Gasteiger partial charge in [-0.15, -0.1) is 0 Å². The molecule has 0 aliphatic carbocycles. The number of hydrogen-bond donors (Lipinski definition) is 2. The van der Waals surface area contributed by atoms with Crippen molar-refractivity contribution in [3.8, 4) is 5.75 Å². The van der Waals surface area contributed by atoms with Crippen molar-refractivity contribution in [3.05, 3.63) is 60.2 Å². The normalized spacial score (nSPS) is 12.1. The average molecular weight is 406 g/mol. The van der Waals surface area contributed by atoms with Crippen LogP contribution in [-0.4, -0.2) is 40.1 Å². The number of ether oxygens (including phenoxy) is 2. The molecule has 28 heavy (non-hydrogen) atoms. The monoisotopic (exact) mass is 406 g/mol. The zero-order valence-electron chi connectivity index (χ0n) is 15.5. The van der Waals surface area contributed by atoms with Crippen LogP contribution in [0.4, 0.5) is 0 Å². The van der Waals surface area contributed by atoms with Gasteiger partial charge in [0.1, 0.15) is 12.3 Å². The summed E-state index contributed by atoms with van der Waals surface area (Å²) in [5.74, 6) is -0.642. The fraction of sp³-hybridized carbons (Fsp3) is 0.263. The Labute approximate surface area is 163 Å². The van der Waals surface area contributed by atoms with E-state index in [2.05, 4.69) is 10.0 Å². The number of esters is 1. The van der Waals surface area contributed by atoms with Gasteiger partial charge in [-0.1, -0.05) is 30.3 Å². The molecule has 0 fully saturated rings. The van der Waals surface area contributed by atoms with E-state index in [0.717, 1.165) is 5.56 Å². The molecule has 0 unspecified atom stereocenters. The second kappa shape index (κ2) is 9.86. The molecule has 0 bridgehead atoms. The summed E-state index contributed by atoms with van der Waals surface area (Å²) in [5.41, 5.74) is 0.850. The van der Waals surface area contributed by atoms with Crippen LogP contribution in [0, 0.1) is 0 Å². The van der Waals surface area contributed by atoms with E-state index in [1.165, 1.54) is 19.1 Å². The second-order valence-corrected chi connectivity index (χ2v) is 7.60. The van der Waals surface area contributed by atoms with Gasteiger partial charge in [0.15, 0.2) is 6.10 Å². The Kier molecular flexibility index (Phi) is 7.53. The molecule has 0 spiro atoms. The van der Waals surface area contributed by atoms with Gasteiger partial charge < -0.3 is 14.8 Å². The highest BCUT2D eigenvalue weighted by Crippen LogP contribution is 2.11. The minimum Gasteiger partial charge on any atom is -0.497 e. The smallest absolute Gasteiger partial charge is 0.321 e. The number of benzene rings is 2. The number of hydrogen-bond acceptors (Lipinski definition) is 6. The summed E-state index contributed by atoms with van der Waals surface area (Å²) in [6, 6.07) is 14.8. The van der Waals surface area contributed by atoms with Gasteiger partial charge in [0, 0.05) is 6.54 Å². The number of nitrogens with one attached hydrogen (secondary N) is 2. The Morgan fingerprint density at radius 2 is 1.68 bits per heavy atom. The largest absolute Gasteiger partial charge is 0.497 e. The zero-order chi connectivity index (χ0) is 20.6. The molecule has 0 aliphatic heterocycles. The fourth-order valence-electron chi connectivity index (χ4n) is 2.21. The van der Waals surface area contributed by atoms with Crippen LogP contribution >= 0.6 is 0 Å². The van der Waals surface area contributed by atoms with E-state index in [0.29, 0.717) is 5.75 Å². The third-order valence-electron chi connectivity index (χ3n) is 3.76. The summed E-state index contributed by atoms with van der Waals surface area (Å²) in [5, 5.41) is 2.64.